The number of nitrogens with zero attached hydrogens (tertiary/aromatic N) is 1. The Morgan fingerprint density at radius 2 is 1.69 bits per heavy atom. The fourth-order valence-electron chi connectivity index (χ4n) is 2.96. The standard InChI is InChI=1S/C23H25NOS/c1-3-4-7-17-25-24-23(19-13-15-20(26-2)16-14-19)22-12-8-10-18-9-5-6-11-21(18)22/h5-6,8-16H,3-4,7,17H2,1-2H3. The average Bonchev–Trinajstić information content (AvgIpc) is 2.71. The van der Waals surface area contributed by atoms with Crippen LogP contribution in [0, 0.1) is 0 Å². The minimum Gasteiger partial charge on any atom is -0.395 e. The number of hydrogen-bond donors (Lipinski definition) is 0. The first-order valence-corrected chi connectivity index (χ1v) is 10.4. The fraction of sp³-hybridized carbons (Fsp3) is 0.261. The van der Waals surface area contributed by atoms with Gasteiger partial charge < -0.3 is 4.84 Å². The molecular weight excluding hydrogens is 338 g/mol. The maximum atomic E-state index is 5.69. The largest absolute Gasteiger partial charge is 0.395 e. The van der Waals surface area contributed by atoms with Crippen molar-refractivity contribution >= 4 is 28.2 Å². The smallest absolute Gasteiger partial charge is 0.117 e. The predicted octanol–water partition coefficient (Wildman–Crippen LogP) is 6.52. The van der Waals surface area contributed by atoms with E-state index in [0.717, 1.165) is 23.3 Å². The third-order valence-electron chi connectivity index (χ3n) is 4.40. The summed E-state index contributed by atoms with van der Waals surface area (Å²) in [5.41, 5.74) is 3.08. The number of unbranched alkanes of at least 4 members (excludes halogenated alkanes) is 2. The monoisotopic (exact) mass is 363 g/mol. The Morgan fingerprint density at radius 1 is 0.923 bits per heavy atom. The first-order valence-electron chi connectivity index (χ1n) is 9.16. The van der Waals surface area contributed by atoms with E-state index < -0.39 is 0 Å². The average molecular weight is 364 g/mol. The van der Waals surface area contributed by atoms with Crippen molar-refractivity contribution in [3.05, 3.63) is 77.9 Å². The lowest BCUT2D eigenvalue weighted by Gasteiger charge is -2.11. The molecule has 0 aliphatic rings. The molecule has 0 saturated carbocycles. The fourth-order valence-corrected chi connectivity index (χ4v) is 3.37. The van der Waals surface area contributed by atoms with E-state index in [1.54, 1.807) is 11.8 Å². The van der Waals surface area contributed by atoms with Crippen LogP contribution >= 0.6 is 11.8 Å². The summed E-state index contributed by atoms with van der Waals surface area (Å²) >= 11 is 1.74. The maximum absolute atomic E-state index is 5.69. The van der Waals surface area contributed by atoms with Gasteiger partial charge in [-0.1, -0.05) is 79.5 Å². The highest BCUT2D eigenvalue weighted by molar-refractivity contribution is 7.98. The minimum absolute atomic E-state index is 0.658. The van der Waals surface area contributed by atoms with E-state index in [0.29, 0.717) is 6.61 Å². The zero-order chi connectivity index (χ0) is 18.2. The third kappa shape index (κ3) is 4.47. The molecule has 0 N–H and O–H groups in total. The summed E-state index contributed by atoms with van der Waals surface area (Å²) in [5, 5.41) is 6.96. The van der Waals surface area contributed by atoms with E-state index in [1.807, 2.05) is 0 Å². The minimum atomic E-state index is 0.658. The van der Waals surface area contributed by atoms with Gasteiger partial charge in [0.05, 0.1) is 0 Å². The first-order chi connectivity index (χ1) is 12.8. The molecule has 26 heavy (non-hydrogen) atoms. The van der Waals surface area contributed by atoms with Gasteiger partial charge in [0.25, 0.3) is 0 Å². The van der Waals surface area contributed by atoms with Crippen LogP contribution in [0.5, 0.6) is 0 Å². The number of rotatable bonds is 8. The van der Waals surface area contributed by atoms with Crippen molar-refractivity contribution in [3.63, 3.8) is 0 Å². The Hall–Kier alpha value is -2.26. The van der Waals surface area contributed by atoms with Crippen LogP contribution in [0.2, 0.25) is 0 Å². The quantitative estimate of drug-likeness (QED) is 0.197. The molecule has 0 atom stereocenters. The summed E-state index contributed by atoms with van der Waals surface area (Å²) in [6.07, 6.45) is 5.47. The summed E-state index contributed by atoms with van der Waals surface area (Å²) in [4.78, 5) is 6.94. The van der Waals surface area contributed by atoms with Crippen LogP contribution in [0.3, 0.4) is 0 Å². The normalized spacial score (nSPS) is 11.7. The Kier molecular flexibility index (Phi) is 6.73. The molecule has 0 amide bonds. The molecule has 3 aromatic rings. The summed E-state index contributed by atoms with van der Waals surface area (Å²) in [7, 11) is 0. The van der Waals surface area contributed by atoms with Crippen LogP contribution in [0.15, 0.2) is 76.8 Å². The second kappa shape index (κ2) is 9.44. The van der Waals surface area contributed by atoms with Crippen LogP contribution < -0.4 is 0 Å². The molecule has 2 nitrogen and oxygen atoms in total. The van der Waals surface area contributed by atoms with Crippen molar-refractivity contribution in [1.29, 1.82) is 0 Å². The summed E-state index contributed by atoms with van der Waals surface area (Å²) in [5.74, 6) is 0. The molecular formula is C23H25NOS. The molecule has 0 radical (unpaired) electrons. The van der Waals surface area contributed by atoms with E-state index in [2.05, 4.69) is 85.1 Å². The molecule has 0 unspecified atom stereocenters. The Morgan fingerprint density at radius 3 is 2.46 bits per heavy atom. The topological polar surface area (TPSA) is 21.6 Å². The molecule has 0 aliphatic carbocycles. The second-order valence-corrected chi connectivity index (χ2v) is 7.12. The molecule has 0 spiro atoms. The summed E-state index contributed by atoms with van der Waals surface area (Å²) < 4.78 is 0. The van der Waals surface area contributed by atoms with Gasteiger partial charge in [0.1, 0.15) is 12.3 Å². The van der Waals surface area contributed by atoms with Gasteiger partial charge in [0.15, 0.2) is 0 Å². The Labute approximate surface area is 160 Å². The van der Waals surface area contributed by atoms with Gasteiger partial charge in [-0.25, -0.2) is 0 Å². The molecule has 0 fully saturated rings. The Balaban J connectivity index is 1.99. The second-order valence-electron chi connectivity index (χ2n) is 6.24. The number of thioether (sulfide) groups is 1. The van der Waals surface area contributed by atoms with Gasteiger partial charge in [-0.3, -0.25) is 0 Å². The van der Waals surface area contributed by atoms with Gasteiger partial charge in [-0.15, -0.1) is 11.8 Å². The van der Waals surface area contributed by atoms with Gasteiger partial charge in [0, 0.05) is 16.0 Å². The number of oxime groups is 1. The van der Waals surface area contributed by atoms with Crippen molar-refractivity contribution in [2.24, 2.45) is 5.16 Å². The molecule has 3 aromatic carbocycles. The molecule has 3 heteroatoms. The van der Waals surface area contributed by atoms with E-state index in [-0.39, 0.29) is 0 Å². The predicted molar refractivity (Wildman–Crippen MR) is 113 cm³/mol. The highest BCUT2D eigenvalue weighted by Gasteiger charge is 2.12. The van der Waals surface area contributed by atoms with Crippen molar-refractivity contribution in [1.82, 2.24) is 0 Å². The summed E-state index contributed by atoms with van der Waals surface area (Å²) in [6, 6.07) is 23.3. The highest BCUT2D eigenvalue weighted by atomic mass is 32.2. The molecule has 3 rings (SSSR count). The molecule has 0 bridgehead atoms. The van der Waals surface area contributed by atoms with E-state index >= 15 is 0 Å². The lowest BCUT2D eigenvalue weighted by Crippen LogP contribution is -2.06. The van der Waals surface area contributed by atoms with Crippen molar-refractivity contribution < 1.29 is 4.84 Å². The number of fused-ring (bicyclic) bond motifs is 1. The van der Waals surface area contributed by atoms with Crippen LogP contribution in [0.25, 0.3) is 10.8 Å². The van der Waals surface area contributed by atoms with Crippen LogP contribution in [-0.2, 0) is 4.84 Å². The number of benzene rings is 3. The first kappa shape index (κ1) is 18.5. The lowest BCUT2D eigenvalue weighted by atomic mass is 9.97. The van der Waals surface area contributed by atoms with Gasteiger partial charge in [-0.2, -0.15) is 0 Å². The SMILES string of the molecule is CCCCCON=C(c1ccc(SC)cc1)c1cccc2ccccc12. The van der Waals surface area contributed by atoms with E-state index in [9.17, 15) is 0 Å². The zero-order valence-electron chi connectivity index (χ0n) is 15.4. The van der Waals surface area contributed by atoms with E-state index in [1.165, 1.54) is 28.5 Å². The lowest BCUT2D eigenvalue weighted by molar-refractivity contribution is 0.140. The maximum Gasteiger partial charge on any atom is 0.117 e. The molecule has 0 aromatic heterocycles. The van der Waals surface area contributed by atoms with Gasteiger partial charge in [-0.05, 0) is 35.6 Å². The molecule has 0 aliphatic heterocycles. The Bertz CT molecular complexity index is 866. The van der Waals surface area contributed by atoms with Gasteiger partial charge >= 0.3 is 0 Å². The molecule has 0 heterocycles. The summed E-state index contributed by atoms with van der Waals surface area (Å²) in [6.45, 7) is 2.85. The van der Waals surface area contributed by atoms with Crippen molar-refractivity contribution in [2.75, 3.05) is 12.9 Å². The van der Waals surface area contributed by atoms with Crippen molar-refractivity contribution in [3.8, 4) is 0 Å². The van der Waals surface area contributed by atoms with Gasteiger partial charge in [0.2, 0.25) is 0 Å². The van der Waals surface area contributed by atoms with Crippen LogP contribution in [0.1, 0.15) is 37.3 Å². The highest BCUT2D eigenvalue weighted by Crippen LogP contribution is 2.24. The third-order valence-corrected chi connectivity index (χ3v) is 5.15. The molecule has 0 saturated heterocycles. The molecule has 134 valence electrons. The van der Waals surface area contributed by atoms with Crippen molar-refractivity contribution in [2.45, 2.75) is 31.1 Å². The van der Waals surface area contributed by atoms with E-state index in [4.69, 9.17) is 4.84 Å². The number of hydrogen-bond acceptors (Lipinski definition) is 3. The zero-order valence-corrected chi connectivity index (χ0v) is 16.3. The van der Waals surface area contributed by atoms with Crippen LogP contribution in [-0.4, -0.2) is 18.6 Å². The van der Waals surface area contributed by atoms with Crippen LogP contribution in [0.4, 0.5) is 0 Å².